The van der Waals surface area contributed by atoms with Gasteiger partial charge in [0.1, 0.15) is 5.82 Å². The number of aliphatic hydroxyl groups is 2. The minimum absolute atomic E-state index is 0.0320. The molecule has 0 saturated heterocycles. The fraction of sp³-hybridized carbons (Fsp3) is 0.462. The van der Waals surface area contributed by atoms with Gasteiger partial charge in [0.25, 0.3) is 0 Å². The Balaban J connectivity index is 1.44. The van der Waals surface area contributed by atoms with Crippen molar-refractivity contribution < 1.29 is 50.6 Å². The molecule has 4 heterocycles. The van der Waals surface area contributed by atoms with Gasteiger partial charge in [-0.05, 0) is 48.2 Å². The number of carbonyl (C=O) groups is 1. The smallest absolute Gasteiger partial charge is 0.394 e. The number of hydrogen-bond donors (Lipinski definition) is 7. The molecule has 320 valence electrons. The highest BCUT2D eigenvalue weighted by atomic mass is 19.4. The fourth-order valence-electron chi connectivity index (χ4n) is 7.78. The summed E-state index contributed by atoms with van der Waals surface area (Å²) in [5.41, 5.74) is -1.43. The van der Waals surface area contributed by atoms with Crippen LogP contribution in [0.4, 0.5) is 26.3 Å². The number of amides is 1. The van der Waals surface area contributed by atoms with E-state index in [1.54, 1.807) is 24.5 Å². The van der Waals surface area contributed by atoms with Crippen molar-refractivity contribution in [2.45, 2.75) is 69.8 Å². The maximum absolute atomic E-state index is 15.3. The van der Waals surface area contributed by atoms with Gasteiger partial charge in [0.15, 0.2) is 11.4 Å². The van der Waals surface area contributed by atoms with Crippen LogP contribution in [0.5, 0.6) is 0 Å². The second kappa shape index (κ2) is 17.3. The average Bonchev–Trinajstić information content (AvgIpc) is 3.96. The summed E-state index contributed by atoms with van der Waals surface area (Å²) >= 11 is 0. The first kappa shape index (κ1) is 43.6. The summed E-state index contributed by atoms with van der Waals surface area (Å²) in [6, 6.07) is 9.78. The molecular formula is C39H49F6N10O4+. The third-order valence-corrected chi connectivity index (χ3v) is 10.5. The molecule has 0 radical (unpaired) electrons. The average molecular weight is 836 g/mol. The number of hydrogen-bond acceptors (Lipinski definition) is 11. The van der Waals surface area contributed by atoms with Crippen LogP contribution in [0.2, 0.25) is 0 Å². The molecule has 14 nitrogen and oxygen atoms in total. The van der Waals surface area contributed by atoms with Crippen molar-refractivity contribution in [2.24, 2.45) is 0 Å². The van der Waals surface area contributed by atoms with Gasteiger partial charge in [-0.25, -0.2) is 19.9 Å². The number of aromatic nitrogens is 4. The number of nitrogens with zero attached hydrogens (tertiary/aromatic N) is 5. The number of quaternary nitrogens is 1. The number of benzene rings is 2. The molecular weight excluding hydrogens is 786 g/mol. The van der Waals surface area contributed by atoms with Gasteiger partial charge in [0.2, 0.25) is 0 Å². The van der Waals surface area contributed by atoms with Crippen molar-refractivity contribution in [2.75, 3.05) is 46.5 Å². The van der Waals surface area contributed by atoms with Gasteiger partial charge in [-0.1, -0.05) is 38.1 Å². The molecule has 0 bridgehead atoms. The first-order valence-electron chi connectivity index (χ1n) is 19.2. The quantitative estimate of drug-likeness (QED) is 0.0341. The highest BCUT2D eigenvalue weighted by Gasteiger charge is 2.64. The number of ether oxygens (including phenoxy) is 1. The topological polar surface area (TPSA) is 163 Å². The zero-order valence-corrected chi connectivity index (χ0v) is 32.8. The molecule has 20 heteroatoms. The summed E-state index contributed by atoms with van der Waals surface area (Å²) < 4.78 is 89.4. The number of nitrogens with one attached hydrogen (secondary N) is 5. The van der Waals surface area contributed by atoms with Crippen LogP contribution >= 0.6 is 0 Å². The molecule has 2 aromatic carbocycles. The zero-order valence-electron chi connectivity index (χ0n) is 32.8. The predicted molar refractivity (Wildman–Crippen MR) is 202 cm³/mol. The first-order valence-corrected chi connectivity index (χ1v) is 19.2. The monoisotopic (exact) mass is 835 g/mol. The lowest BCUT2D eigenvalue weighted by Gasteiger charge is -2.53. The molecule has 2 atom stereocenters. The molecule has 2 aliphatic rings. The summed E-state index contributed by atoms with van der Waals surface area (Å²) in [6.45, 7) is 4.35. The predicted octanol–water partition coefficient (Wildman–Crippen LogP) is 3.33. The number of alkyl halides is 6. The third-order valence-electron chi connectivity index (χ3n) is 10.5. The molecule has 1 amide bonds. The van der Waals surface area contributed by atoms with E-state index in [9.17, 15) is 36.6 Å². The Labute approximate surface area is 336 Å². The summed E-state index contributed by atoms with van der Waals surface area (Å²) in [7, 11) is 1.54. The third kappa shape index (κ3) is 8.83. The summed E-state index contributed by atoms with van der Waals surface area (Å²) in [4.78, 5) is 15.3. The van der Waals surface area contributed by atoms with Crippen LogP contribution in [0, 0.1) is 0 Å². The second-order valence-electron chi connectivity index (χ2n) is 14.7. The highest BCUT2D eigenvalue weighted by Crippen LogP contribution is 2.40. The Morgan fingerprint density at radius 1 is 0.847 bits per heavy atom. The van der Waals surface area contributed by atoms with Gasteiger partial charge >= 0.3 is 24.2 Å². The van der Waals surface area contributed by atoms with E-state index in [1.807, 2.05) is 13.8 Å². The van der Waals surface area contributed by atoms with Crippen molar-refractivity contribution in [3.8, 4) is 0 Å². The van der Waals surface area contributed by atoms with Gasteiger partial charge in [-0.3, -0.25) is 14.7 Å². The minimum Gasteiger partial charge on any atom is -0.394 e. The zero-order chi connectivity index (χ0) is 42.6. The maximum Gasteiger partial charge on any atom is 0.416 e. The Hall–Kier alpha value is -4.99. The van der Waals surface area contributed by atoms with E-state index < -0.39 is 47.8 Å². The summed E-state index contributed by atoms with van der Waals surface area (Å²) in [6.07, 6.45) is -2.90. The molecule has 59 heavy (non-hydrogen) atoms. The van der Waals surface area contributed by atoms with E-state index in [2.05, 4.69) is 36.8 Å². The van der Waals surface area contributed by atoms with Gasteiger partial charge in [0.05, 0.1) is 69.0 Å². The van der Waals surface area contributed by atoms with E-state index >= 15 is 4.79 Å². The molecule has 7 N–H and O–H groups in total. The Morgan fingerprint density at radius 2 is 1.39 bits per heavy atom. The molecule has 0 fully saturated rings. The van der Waals surface area contributed by atoms with Gasteiger partial charge < -0.3 is 25.6 Å². The van der Waals surface area contributed by atoms with Crippen molar-refractivity contribution in [3.63, 3.8) is 0 Å². The van der Waals surface area contributed by atoms with Crippen molar-refractivity contribution >= 4 is 5.91 Å². The molecule has 0 aliphatic carbocycles. The first-order chi connectivity index (χ1) is 28.0. The van der Waals surface area contributed by atoms with Crippen LogP contribution in [0.1, 0.15) is 60.1 Å². The van der Waals surface area contributed by atoms with E-state index in [0.29, 0.717) is 48.2 Å². The molecule has 2 unspecified atom stereocenters. The van der Waals surface area contributed by atoms with Crippen molar-refractivity contribution in [1.82, 2.24) is 46.1 Å². The normalized spacial score (nSPS) is 19.3. The Bertz CT molecular complexity index is 2010. The van der Waals surface area contributed by atoms with Crippen LogP contribution in [0.15, 0.2) is 84.8 Å². The van der Waals surface area contributed by atoms with Crippen LogP contribution < -0.4 is 26.6 Å². The highest BCUT2D eigenvalue weighted by molar-refractivity contribution is 5.90. The van der Waals surface area contributed by atoms with Crippen molar-refractivity contribution in [1.29, 1.82) is 0 Å². The minimum atomic E-state index is -4.55. The number of carbonyl (C=O) groups excluding carboxylic acids is 1. The molecule has 0 spiro atoms. The molecule has 4 aromatic rings. The summed E-state index contributed by atoms with van der Waals surface area (Å²) in [5.74, 6) is -1.55. The number of aliphatic hydroxyl groups excluding tert-OH is 2. The van der Waals surface area contributed by atoms with Gasteiger partial charge in [-0.2, -0.15) is 36.5 Å². The molecule has 6 rings (SSSR count). The maximum atomic E-state index is 15.3. The lowest BCUT2D eigenvalue weighted by Crippen LogP contribution is -2.87. The van der Waals surface area contributed by atoms with Gasteiger partial charge in [0, 0.05) is 43.7 Å². The van der Waals surface area contributed by atoms with Crippen LogP contribution in [0.25, 0.3) is 0 Å². The lowest BCUT2D eigenvalue weighted by molar-refractivity contribution is -0.919. The molecule has 0 saturated carbocycles. The Morgan fingerprint density at radius 3 is 1.86 bits per heavy atom. The van der Waals surface area contributed by atoms with Crippen molar-refractivity contribution in [3.05, 3.63) is 118 Å². The molecule has 2 aliphatic heterocycles. The fourth-order valence-corrected chi connectivity index (χ4v) is 7.78. The SMILES string of the molecule is CCC[N+]1(CCC)C(=O)C2=C(NC(c3cnn(Cc4cccc(C(F)(F)F)c4)c3)(c3cnn(Cc4cccc(C(F)(F)F)c4)c3)N2)NC1(NCCOC)NCC(O)CO. The van der Waals surface area contributed by atoms with E-state index in [0.717, 1.165) is 24.3 Å². The standard InChI is InChI=1S/C39H48F6N10O4/c1-4-13-55(14-5-2)35(58)33-34(52-39(55,46-12-15-59-3)47-20-32(57)25-56)51-36(50-33,30-18-48-53(23-30)21-26-8-6-10-28(16-26)37(40,41)42)31-19-49-54(24-31)22-27-9-7-11-29(17-27)38(43,44)45/h6-11,16-19,23-24,32,46-47,50,56-57H,4-5,12-15,20-22,25H2,1-3H3,(H-,51,52,58)/p+1. The van der Waals surface area contributed by atoms with E-state index in [-0.39, 0.29) is 54.7 Å². The second-order valence-corrected chi connectivity index (χ2v) is 14.7. The van der Waals surface area contributed by atoms with E-state index in [4.69, 9.17) is 4.74 Å². The summed E-state index contributed by atoms with van der Waals surface area (Å²) in [5, 5.41) is 46.4. The largest absolute Gasteiger partial charge is 0.416 e. The van der Waals surface area contributed by atoms with Gasteiger partial charge in [-0.15, -0.1) is 0 Å². The van der Waals surface area contributed by atoms with Crippen LogP contribution in [-0.2, 0) is 40.6 Å². The van der Waals surface area contributed by atoms with Crippen LogP contribution in [-0.4, -0.2) is 98.7 Å². The number of rotatable bonds is 18. The van der Waals surface area contributed by atoms with Crippen LogP contribution in [0.3, 0.4) is 0 Å². The number of halogens is 6. The van der Waals surface area contributed by atoms with E-state index in [1.165, 1.54) is 41.0 Å². The lowest BCUT2D eigenvalue weighted by atomic mass is 9.97. The number of methoxy groups -OCH3 is 1. The Kier molecular flexibility index (Phi) is 12.8. The molecule has 2 aromatic heterocycles.